The van der Waals surface area contributed by atoms with Crippen molar-refractivity contribution in [1.82, 2.24) is 10.2 Å². The van der Waals surface area contributed by atoms with Crippen molar-refractivity contribution in [2.75, 3.05) is 26.7 Å². The zero-order valence-electron chi connectivity index (χ0n) is 12.4. The lowest BCUT2D eigenvalue weighted by Gasteiger charge is -2.26. The van der Waals surface area contributed by atoms with Crippen LogP contribution in [0.5, 0.6) is 0 Å². The molecule has 2 rings (SSSR count). The third-order valence-corrected chi connectivity index (χ3v) is 3.66. The maximum Gasteiger partial charge on any atom is 0.374 e. The summed E-state index contributed by atoms with van der Waals surface area (Å²) < 4.78 is 9.74. The molecule has 1 N–H and O–H groups in total. The Hall–Kier alpha value is -1.82. The molecule has 0 saturated carbocycles. The SMILES string of the molecule is COC(=O)c1occc1CNCCC(=O)N1CCCCC1. The number of ether oxygens (including phenoxy) is 1. The summed E-state index contributed by atoms with van der Waals surface area (Å²) in [6, 6.07) is 1.73. The second-order valence-electron chi connectivity index (χ2n) is 5.13. The van der Waals surface area contributed by atoms with Crippen molar-refractivity contribution >= 4 is 11.9 Å². The van der Waals surface area contributed by atoms with Gasteiger partial charge in [0.15, 0.2) is 0 Å². The molecule has 1 amide bonds. The zero-order valence-corrected chi connectivity index (χ0v) is 12.4. The van der Waals surface area contributed by atoms with E-state index in [4.69, 9.17) is 4.42 Å². The van der Waals surface area contributed by atoms with Gasteiger partial charge in [-0.1, -0.05) is 0 Å². The first-order chi connectivity index (χ1) is 10.2. The van der Waals surface area contributed by atoms with Crippen molar-refractivity contribution in [3.05, 3.63) is 23.7 Å². The predicted molar refractivity (Wildman–Crippen MR) is 76.8 cm³/mol. The number of nitrogens with one attached hydrogen (secondary N) is 1. The van der Waals surface area contributed by atoms with Crippen molar-refractivity contribution in [2.24, 2.45) is 0 Å². The number of nitrogens with zero attached hydrogens (tertiary/aromatic N) is 1. The smallest absolute Gasteiger partial charge is 0.374 e. The summed E-state index contributed by atoms with van der Waals surface area (Å²) in [6.45, 7) is 2.83. The minimum Gasteiger partial charge on any atom is -0.463 e. The number of esters is 1. The van der Waals surface area contributed by atoms with E-state index in [2.05, 4.69) is 10.1 Å². The van der Waals surface area contributed by atoms with Crippen molar-refractivity contribution in [3.63, 3.8) is 0 Å². The molecule has 116 valence electrons. The molecule has 0 aromatic carbocycles. The van der Waals surface area contributed by atoms with Crippen molar-refractivity contribution < 1.29 is 18.7 Å². The third-order valence-electron chi connectivity index (χ3n) is 3.66. The molecule has 0 spiro atoms. The van der Waals surface area contributed by atoms with E-state index in [0.717, 1.165) is 31.5 Å². The second-order valence-corrected chi connectivity index (χ2v) is 5.13. The van der Waals surface area contributed by atoms with E-state index in [9.17, 15) is 9.59 Å². The fraction of sp³-hybridized carbons (Fsp3) is 0.600. The van der Waals surface area contributed by atoms with E-state index in [-0.39, 0.29) is 11.7 Å². The van der Waals surface area contributed by atoms with Crippen molar-refractivity contribution in [2.45, 2.75) is 32.2 Å². The Balaban J connectivity index is 1.71. The number of methoxy groups -OCH3 is 1. The number of piperidine rings is 1. The van der Waals surface area contributed by atoms with Crippen LogP contribution in [0.25, 0.3) is 0 Å². The van der Waals surface area contributed by atoms with Gasteiger partial charge in [-0.25, -0.2) is 4.79 Å². The first kappa shape index (κ1) is 15.6. The number of hydrogen-bond donors (Lipinski definition) is 1. The topological polar surface area (TPSA) is 71.8 Å². The Morgan fingerprint density at radius 1 is 1.33 bits per heavy atom. The van der Waals surface area contributed by atoms with Gasteiger partial charge in [-0.2, -0.15) is 0 Å². The summed E-state index contributed by atoms with van der Waals surface area (Å²) in [5, 5.41) is 3.16. The van der Waals surface area contributed by atoms with Crippen LogP contribution in [0.2, 0.25) is 0 Å². The normalized spacial score (nSPS) is 15.0. The highest BCUT2D eigenvalue weighted by Crippen LogP contribution is 2.12. The molecule has 0 bridgehead atoms. The third kappa shape index (κ3) is 4.32. The summed E-state index contributed by atoms with van der Waals surface area (Å²) in [5.41, 5.74) is 0.743. The van der Waals surface area contributed by atoms with Gasteiger partial charge in [-0.15, -0.1) is 0 Å². The quantitative estimate of drug-likeness (QED) is 0.637. The Bertz CT molecular complexity index is 478. The number of rotatable bonds is 6. The van der Waals surface area contributed by atoms with Crippen molar-refractivity contribution in [1.29, 1.82) is 0 Å². The Morgan fingerprint density at radius 3 is 2.81 bits per heavy atom. The Kier molecular flexibility index (Phi) is 5.80. The van der Waals surface area contributed by atoms with Gasteiger partial charge in [0.1, 0.15) is 0 Å². The molecule has 6 heteroatoms. The molecule has 6 nitrogen and oxygen atoms in total. The van der Waals surface area contributed by atoms with Crippen LogP contribution < -0.4 is 5.32 Å². The average Bonchev–Trinajstić information content (AvgIpc) is 3.00. The lowest BCUT2D eigenvalue weighted by molar-refractivity contribution is -0.131. The molecule has 1 aliphatic rings. The van der Waals surface area contributed by atoms with Crippen LogP contribution in [0.3, 0.4) is 0 Å². The van der Waals surface area contributed by atoms with Gasteiger partial charge in [-0.05, 0) is 25.3 Å². The standard InChI is InChI=1S/C15H22N2O4/c1-20-15(19)14-12(6-10-21-14)11-16-7-5-13(18)17-8-3-2-4-9-17/h6,10,16H,2-5,7-9,11H2,1H3. The first-order valence-corrected chi connectivity index (χ1v) is 7.35. The fourth-order valence-corrected chi connectivity index (χ4v) is 2.47. The van der Waals surface area contributed by atoms with Crippen LogP contribution in [0.1, 0.15) is 41.8 Å². The molecule has 1 fully saturated rings. The maximum atomic E-state index is 12.0. The van der Waals surface area contributed by atoms with E-state index < -0.39 is 5.97 Å². The molecular weight excluding hydrogens is 272 g/mol. The number of amides is 1. The van der Waals surface area contributed by atoms with E-state index >= 15 is 0 Å². The molecule has 1 aromatic heterocycles. The number of carbonyl (C=O) groups excluding carboxylic acids is 2. The van der Waals surface area contributed by atoms with Crippen LogP contribution in [0.4, 0.5) is 0 Å². The van der Waals surface area contributed by atoms with Crippen LogP contribution in [0.15, 0.2) is 16.7 Å². The fourth-order valence-electron chi connectivity index (χ4n) is 2.47. The van der Waals surface area contributed by atoms with Gasteiger partial charge in [0.2, 0.25) is 11.7 Å². The van der Waals surface area contributed by atoms with E-state index in [0.29, 0.717) is 19.5 Å². The van der Waals surface area contributed by atoms with Gasteiger partial charge >= 0.3 is 5.97 Å². The van der Waals surface area contributed by atoms with Crippen LogP contribution >= 0.6 is 0 Å². The zero-order chi connectivity index (χ0) is 15.1. The summed E-state index contributed by atoms with van der Waals surface area (Å²) in [6.07, 6.45) is 5.37. The van der Waals surface area contributed by atoms with Crippen molar-refractivity contribution in [3.8, 4) is 0 Å². The molecule has 2 heterocycles. The predicted octanol–water partition coefficient (Wildman–Crippen LogP) is 1.56. The molecule has 1 saturated heterocycles. The summed E-state index contributed by atoms with van der Waals surface area (Å²) >= 11 is 0. The monoisotopic (exact) mass is 294 g/mol. The number of carbonyl (C=O) groups is 2. The number of furan rings is 1. The van der Waals surface area contributed by atoms with Crippen LogP contribution in [-0.2, 0) is 16.1 Å². The average molecular weight is 294 g/mol. The highest BCUT2D eigenvalue weighted by Gasteiger charge is 2.17. The molecule has 0 unspecified atom stereocenters. The highest BCUT2D eigenvalue weighted by molar-refractivity contribution is 5.87. The molecule has 1 aliphatic heterocycles. The van der Waals surface area contributed by atoms with Gasteiger partial charge in [-0.3, -0.25) is 4.79 Å². The van der Waals surface area contributed by atoms with Crippen LogP contribution in [0, 0.1) is 0 Å². The summed E-state index contributed by atoms with van der Waals surface area (Å²) in [4.78, 5) is 25.3. The summed E-state index contributed by atoms with van der Waals surface area (Å²) in [7, 11) is 1.32. The van der Waals surface area contributed by atoms with Gasteiger partial charge < -0.3 is 19.4 Å². The maximum absolute atomic E-state index is 12.0. The molecule has 21 heavy (non-hydrogen) atoms. The largest absolute Gasteiger partial charge is 0.463 e. The lowest BCUT2D eigenvalue weighted by Crippen LogP contribution is -2.37. The molecule has 0 aliphatic carbocycles. The van der Waals surface area contributed by atoms with Gasteiger partial charge in [0, 0.05) is 38.2 Å². The molecular formula is C15H22N2O4. The lowest BCUT2D eigenvalue weighted by atomic mass is 10.1. The molecule has 1 aromatic rings. The number of hydrogen-bond acceptors (Lipinski definition) is 5. The Morgan fingerprint density at radius 2 is 2.10 bits per heavy atom. The van der Waals surface area contributed by atoms with E-state index in [1.807, 2.05) is 4.90 Å². The van der Waals surface area contributed by atoms with E-state index in [1.165, 1.54) is 19.8 Å². The minimum atomic E-state index is -0.485. The second kappa shape index (κ2) is 7.83. The van der Waals surface area contributed by atoms with Crippen LogP contribution in [-0.4, -0.2) is 43.5 Å². The van der Waals surface area contributed by atoms with Gasteiger partial charge in [0.05, 0.1) is 13.4 Å². The van der Waals surface area contributed by atoms with E-state index in [1.54, 1.807) is 6.07 Å². The van der Waals surface area contributed by atoms with Gasteiger partial charge in [0.25, 0.3) is 0 Å². The molecule has 0 radical (unpaired) electrons. The first-order valence-electron chi connectivity index (χ1n) is 7.35. The molecule has 0 atom stereocenters. The number of likely N-dealkylation sites (tertiary alicyclic amines) is 1. The highest BCUT2D eigenvalue weighted by atomic mass is 16.5. The Labute approximate surface area is 124 Å². The minimum absolute atomic E-state index is 0.197. The summed E-state index contributed by atoms with van der Waals surface area (Å²) in [5.74, 6) is -0.0730.